The molecular formula is C30H46O5. The van der Waals surface area contributed by atoms with Gasteiger partial charge in [0.15, 0.2) is 5.79 Å². The second-order valence-electron chi connectivity index (χ2n) is 15.2. The van der Waals surface area contributed by atoms with E-state index in [0.717, 1.165) is 38.5 Å². The fraction of sp³-hybridized carbons (Fsp3) is 0.933. The van der Waals surface area contributed by atoms with E-state index in [-0.39, 0.29) is 28.5 Å². The largest absolute Gasteiger partial charge is 0.388 e. The van der Waals surface area contributed by atoms with Crippen LogP contribution in [0.2, 0.25) is 0 Å². The van der Waals surface area contributed by atoms with Gasteiger partial charge in [0.1, 0.15) is 12.2 Å². The molecule has 5 fully saturated rings. The summed E-state index contributed by atoms with van der Waals surface area (Å²) >= 11 is 0. The number of hydrogen-bond acceptors (Lipinski definition) is 5. The van der Waals surface area contributed by atoms with E-state index < -0.39 is 29.0 Å². The predicted molar refractivity (Wildman–Crippen MR) is 132 cm³/mol. The fourth-order valence-corrected chi connectivity index (χ4v) is 11.3. The van der Waals surface area contributed by atoms with Gasteiger partial charge in [-0.15, -0.1) is 0 Å². The first-order chi connectivity index (χ1) is 16.2. The SMILES string of the molecule is C[C@@H]1C[C@H]2O[C@]3(O[C@@H]2C(C)(C)O)[C@H]1[C@@]1(C)CCC2=C(CC[C@H]4C(C)(C)[C@H]5CC[C@@]4(C2)O5)[C@]1(C)[C@H]3O. The van der Waals surface area contributed by atoms with Gasteiger partial charge in [-0.1, -0.05) is 45.8 Å². The van der Waals surface area contributed by atoms with E-state index in [4.69, 9.17) is 14.2 Å². The lowest BCUT2D eigenvalue weighted by Crippen LogP contribution is -2.52. The van der Waals surface area contributed by atoms with Gasteiger partial charge in [0.2, 0.25) is 0 Å². The van der Waals surface area contributed by atoms with E-state index in [9.17, 15) is 10.2 Å². The maximum absolute atomic E-state index is 12.4. The lowest BCUT2D eigenvalue weighted by molar-refractivity contribution is -0.280. The van der Waals surface area contributed by atoms with Gasteiger partial charge in [-0.3, -0.25) is 0 Å². The zero-order chi connectivity index (χ0) is 25.0. The van der Waals surface area contributed by atoms with E-state index >= 15 is 0 Å². The Kier molecular flexibility index (Phi) is 4.44. The van der Waals surface area contributed by atoms with Gasteiger partial charge in [0.05, 0.1) is 23.4 Å². The van der Waals surface area contributed by atoms with Crippen LogP contribution < -0.4 is 0 Å². The van der Waals surface area contributed by atoms with Crippen molar-refractivity contribution in [2.24, 2.45) is 34.0 Å². The van der Waals surface area contributed by atoms with E-state index in [1.165, 1.54) is 18.4 Å². The summed E-state index contributed by atoms with van der Waals surface area (Å²) in [6.07, 6.45) is 7.68. The Labute approximate surface area is 211 Å². The minimum atomic E-state index is -1.03. The van der Waals surface area contributed by atoms with E-state index in [1.807, 2.05) is 13.8 Å². The third kappa shape index (κ3) is 2.50. The van der Waals surface area contributed by atoms with Gasteiger partial charge >= 0.3 is 0 Å². The number of rotatable bonds is 1. The van der Waals surface area contributed by atoms with Crippen LogP contribution >= 0.6 is 0 Å². The highest BCUT2D eigenvalue weighted by molar-refractivity contribution is 5.40. The molecule has 1 saturated carbocycles. The molecule has 4 bridgehead atoms. The highest BCUT2D eigenvalue weighted by Crippen LogP contribution is 2.76. The van der Waals surface area contributed by atoms with Crippen LogP contribution in [0.3, 0.4) is 0 Å². The number of aliphatic hydroxyl groups excluding tert-OH is 1. The van der Waals surface area contributed by atoms with Crippen LogP contribution in [0.1, 0.15) is 99.8 Å². The summed E-state index contributed by atoms with van der Waals surface area (Å²) in [5.41, 5.74) is 1.73. The molecule has 0 unspecified atom stereocenters. The van der Waals surface area contributed by atoms with E-state index in [1.54, 1.807) is 5.57 Å². The lowest BCUT2D eigenvalue weighted by atomic mass is 9.52. The molecule has 4 heterocycles. The van der Waals surface area contributed by atoms with Crippen molar-refractivity contribution in [1.82, 2.24) is 0 Å². The molecule has 5 heteroatoms. The smallest absolute Gasteiger partial charge is 0.199 e. The average Bonchev–Trinajstić information content (AvgIpc) is 3.36. The lowest BCUT2D eigenvalue weighted by Gasteiger charge is -2.52. The van der Waals surface area contributed by atoms with Crippen molar-refractivity contribution < 1.29 is 24.4 Å². The van der Waals surface area contributed by atoms with Gasteiger partial charge in [-0.2, -0.15) is 0 Å². The number of aliphatic hydroxyl groups is 2. The molecule has 7 aliphatic rings. The second kappa shape index (κ2) is 6.57. The summed E-state index contributed by atoms with van der Waals surface area (Å²) in [5, 5.41) is 23.3. The predicted octanol–water partition coefficient (Wildman–Crippen LogP) is 5.13. The molecule has 0 radical (unpaired) electrons. The third-order valence-electron chi connectivity index (χ3n) is 12.9. The summed E-state index contributed by atoms with van der Waals surface area (Å²) in [5.74, 6) is 0.0201. The molecule has 4 saturated heterocycles. The standard InChI is InChI=1S/C30H46O5/c1-16-14-19-23(26(4,5)32)35-30(33-19)22(16)27(6)12-10-17-15-29-13-11-21(34-29)25(2,3)20(29)9-8-18(17)28(27,7)24(30)31/h16,19-24,31-32H,8-15H2,1-7H3/t16-,19-,20+,21-,22-,23+,24-,27-,28-,29+,30+/m1/s1. The van der Waals surface area contributed by atoms with Crippen LogP contribution in [0.4, 0.5) is 0 Å². The van der Waals surface area contributed by atoms with Gasteiger partial charge in [-0.25, -0.2) is 0 Å². The summed E-state index contributed by atoms with van der Waals surface area (Å²) < 4.78 is 20.3. The van der Waals surface area contributed by atoms with Gasteiger partial charge in [0.25, 0.3) is 0 Å². The third-order valence-corrected chi connectivity index (χ3v) is 12.9. The molecule has 5 nitrogen and oxygen atoms in total. The molecule has 0 amide bonds. The van der Waals surface area contributed by atoms with Gasteiger partial charge < -0.3 is 24.4 Å². The summed E-state index contributed by atoms with van der Waals surface area (Å²) in [6, 6.07) is 0. The monoisotopic (exact) mass is 486 g/mol. The van der Waals surface area contributed by atoms with Crippen LogP contribution in [-0.4, -0.2) is 51.6 Å². The van der Waals surface area contributed by atoms with Crippen LogP contribution in [0.25, 0.3) is 0 Å². The Bertz CT molecular complexity index is 995. The Balaban J connectivity index is 1.34. The molecule has 11 atom stereocenters. The topological polar surface area (TPSA) is 68.2 Å². The molecule has 196 valence electrons. The van der Waals surface area contributed by atoms with Crippen molar-refractivity contribution in [2.75, 3.05) is 0 Å². The van der Waals surface area contributed by atoms with Crippen LogP contribution in [-0.2, 0) is 14.2 Å². The normalized spacial score (nSPS) is 58.0. The molecule has 4 aliphatic heterocycles. The second-order valence-corrected chi connectivity index (χ2v) is 15.2. The first kappa shape index (κ1) is 23.6. The summed E-state index contributed by atoms with van der Waals surface area (Å²) in [6.45, 7) is 15.5. The minimum absolute atomic E-state index is 0.00525. The summed E-state index contributed by atoms with van der Waals surface area (Å²) in [4.78, 5) is 0. The Morgan fingerprint density at radius 1 is 0.971 bits per heavy atom. The van der Waals surface area contributed by atoms with Gasteiger partial charge in [-0.05, 0) is 87.9 Å². The molecular weight excluding hydrogens is 440 g/mol. The molecule has 2 spiro atoms. The Morgan fingerprint density at radius 2 is 1.71 bits per heavy atom. The van der Waals surface area contributed by atoms with Crippen molar-refractivity contribution >= 4 is 0 Å². The van der Waals surface area contributed by atoms with Crippen LogP contribution in [0.5, 0.6) is 0 Å². The minimum Gasteiger partial charge on any atom is -0.388 e. The van der Waals surface area contributed by atoms with Crippen molar-refractivity contribution in [3.05, 3.63) is 11.1 Å². The molecule has 2 N–H and O–H groups in total. The first-order valence-corrected chi connectivity index (χ1v) is 14.4. The maximum atomic E-state index is 12.4. The average molecular weight is 487 g/mol. The molecule has 3 aliphatic carbocycles. The maximum Gasteiger partial charge on any atom is 0.199 e. The molecule has 0 aromatic rings. The Hall–Kier alpha value is -0.460. The molecule has 0 aromatic heterocycles. The first-order valence-electron chi connectivity index (χ1n) is 14.4. The zero-order valence-electron chi connectivity index (χ0n) is 22.8. The highest BCUT2D eigenvalue weighted by Gasteiger charge is 2.80. The highest BCUT2D eigenvalue weighted by atomic mass is 16.8. The number of fused-ring (bicyclic) bond motifs is 5. The molecule has 0 aromatic carbocycles. The van der Waals surface area contributed by atoms with Crippen molar-refractivity contribution in [1.29, 1.82) is 0 Å². The quantitative estimate of drug-likeness (QED) is 0.503. The van der Waals surface area contributed by atoms with E-state index in [2.05, 4.69) is 34.6 Å². The van der Waals surface area contributed by atoms with Crippen LogP contribution in [0, 0.1) is 34.0 Å². The number of ether oxygens (including phenoxy) is 3. The molecule has 35 heavy (non-hydrogen) atoms. The zero-order valence-corrected chi connectivity index (χ0v) is 22.8. The van der Waals surface area contributed by atoms with Crippen LogP contribution in [0.15, 0.2) is 11.1 Å². The van der Waals surface area contributed by atoms with Gasteiger partial charge in [0, 0.05) is 11.3 Å². The molecule has 7 rings (SSSR count). The summed E-state index contributed by atoms with van der Waals surface area (Å²) in [7, 11) is 0. The van der Waals surface area contributed by atoms with E-state index in [0.29, 0.717) is 17.9 Å². The van der Waals surface area contributed by atoms with Crippen molar-refractivity contribution in [3.8, 4) is 0 Å². The number of hydrogen-bond donors (Lipinski definition) is 2. The Morgan fingerprint density at radius 3 is 2.43 bits per heavy atom. The van der Waals surface area contributed by atoms with Crippen molar-refractivity contribution in [2.45, 2.75) is 141 Å². The van der Waals surface area contributed by atoms with Crippen molar-refractivity contribution in [3.63, 3.8) is 0 Å². The fourth-order valence-electron chi connectivity index (χ4n) is 11.3.